The summed E-state index contributed by atoms with van der Waals surface area (Å²) in [6, 6.07) is 3.49. The Bertz CT molecular complexity index is 318. The molecule has 0 aliphatic heterocycles. The summed E-state index contributed by atoms with van der Waals surface area (Å²) in [5.41, 5.74) is 0.637. The van der Waals surface area contributed by atoms with Crippen molar-refractivity contribution in [2.45, 2.75) is 0 Å². The molecule has 0 aliphatic carbocycles. The van der Waals surface area contributed by atoms with Gasteiger partial charge in [-0.3, -0.25) is 4.79 Å². The van der Waals surface area contributed by atoms with Gasteiger partial charge in [-0.15, -0.1) is 11.6 Å². The summed E-state index contributed by atoms with van der Waals surface area (Å²) in [5, 5.41) is 2.64. The van der Waals surface area contributed by atoms with Crippen LogP contribution < -0.4 is 5.32 Å². The molecular weight excluding hydrogens is 283 g/mol. The molecule has 0 spiro atoms. The van der Waals surface area contributed by atoms with Gasteiger partial charge in [0.15, 0.2) is 0 Å². The monoisotopic (exact) mass is 292 g/mol. The number of rotatable bonds is 5. The SMILES string of the molecule is O=C(COCCCl)Nc1ccc(Br)nc1. The minimum atomic E-state index is -0.218. The van der Waals surface area contributed by atoms with Crippen LogP contribution in [0.2, 0.25) is 0 Å². The van der Waals surface area contributed by atoms with Crippen molar-refractivity contribution in [1.82, 2.24) is 4.98 Å². The highest BCUT2D eigenvalue weighted by molar-refractivity contribution is 9.10. The second kappa shape index (κ2) is 6.76. The lowest BCUT2D eigenvalue weighted by atomic mass is 10.4. The summed E-state index contributed by atoms with van der Waals surface area (Å²) in [6.45, 7) is 0.371. The van der Waals surface area contributed by atoms with E-state index >= 15 is 0 Å². The molecule has 0 atom stereocenters. The molecule has 1 N–H and O–H groups in total. The molecule has 0 unspecified atom stereocenters. The third-order valence-corrected chi connectivity index (χ3v) is 2.09. The Morgan fingerprint density at radius 1 is 1.60 bits per heavy atom. The van der Waals surface area contributed by atoms with Gasteiger partial charge in [0, 0.05) is 5.88 Å². The molecular formula is C9H10BrClN2O2. The molecule has 0 saturated carbocycles. The third-order valence-electron chi connectivity index (χ3n) is 1.47. The number of carbonyl (C=O) groups is 1. The molecule has 15 heavy (non-hydrogen) atoms. The fourth-order valence-corrected chi connectivity index (χ4v) is 1.21. The average molecular weight is 294 g/mol. The number of hydrogen-bond donors (Lipinski definition) is 1. The van der Waals surface area contributed by atoms with Crippen LogP contribution in [-0.4, -0.2) is 30.0 Å². The topological polar surface area (TPSA) is 51.2 Å². The van der Waals surface area contributed by atoms with Crippen molar-refractivity contribution >= 4 is 39.1 Å². The van der Waals surface area contributed by atoms with Gasteiger partial charge in [0.05, 0.1) is 18.5 Å². The summed E-state index contributed by atoms with van der Waals surface area (Å²) in [4.78, 5) is 15.2. The van der Waals surface area contributed by atoms with Gasteiger partial charge in [0.25, 0.3) is 0 Å². The number of pyridine rings is 1. The van der Waals surface area contributed by atoms with Crippen molar-refractivity contribution in [1.29, 1.82) is 0 Å². The summed E-state index contributed by atoms with van der Waals surface area (Å²) >= 11 is 8.59. The lowest BCUT2D eigenvalue weighted by Crippen LogP contribution is -2.18. The normalized spacial score (nSPS) is 10.0. The molecule has 0 fully saturated rings. The first kappa shape index (κ1) is 12.4. The first-order chi connectivity index (χ1) is 7.22. The van der Waals surface area contributed by atoms with Crippen molar-refractivity contribution in [3.63, 3.8) is 0 Å². The van der Waals surface area contributed by atoms with E-state index in [0.717, 1.165) is 4.60 Å². The number of alkyl halides is 1. The highest BCUT2D eigenvalue weighted by Gasteiger charge is 2.02. The molecule has 1 aromatic rings. The standard InChI is InChI=1S/C9H10BrClN2O2/c10-8-2-1-7(5-12-8)13-9(14)6-15-4-3-11/h1-2,5H,3-4,6H2,(H,13,14). The number of halogens is 2. The maximum absolute atomic E-state index is 11.3. The number of aromatic nitrogens is 1. The van der Waals surface area contributed by atoms with E-state index in [1.165, 1.54) is 0 Å². The minimum absolute atomic E-state index is 0.00276. The van der Waals surface area contributed by atoms with E-state index in [1.54, 1.807) is 18.3 Å². The second-order valence-electron chi connectivity index (χ2n) is 2.66. The van der Waals surface area contributed by atoms with E-state index in [2.05, 4.69) is 26.2 Å². The Labute approximate surface area is 101 Å². The van der Waals surface area contributed by atoms with E-state index in [9.17, 15) is 4.79 Å². The zero-order valence-electron chi connectivity index (χ0n) is 7.87. The van der Waals surface area contributed by atoms with Crippen LogP contribution in [0.25, 0.3) is 0 Å². The Kier molecular flexibility index (Phi) is 5.60. The number of anilines is 1. The number of amides is 1. The van der Waals surface area contributed by atoms with Crippen LogP contribution in [-0.2, 0) is 9.53 Å². The van der Waals surface area contributed by atoms with Crippen molar-refractivity contribution < 1.29 is 9.53 Å². The van der Waals surface area contributed by atoms with E-state index in [-0.39, 0.29) is 12.5 Å². The van der Waals surface area contributed by atoms with Gasteiger partial charge >= 0.3 is 0 Å². The lowest BCUT2D eigenvalue weighted by Gasteiger charge is -2.04. The van der Waals surface area contributed by atoms with Crippen molar-refractivity contribution in [3.05, 3.63) is 22.9 Å². The van der Waals surface area contributed by atoms with Crippen LogP contribution in [0.3, 0.4) is 0 Å². The minimum Gasteiger partial charge on any atom is -0.370 e. The molecule has 1 amide bonds. The lowest BCUT2D eigenvalue weighted by molar-refractivity contribution is -0.120. The molecule has 0 aromatic carbocycles. The molecule has 4 nitrogen and oxygen atoms in total. The molecule has 0 bridgehead atoms. The zero-order chi connectivity index (χ0) is 11.1. The van der Waals surface area contributed by atoms with Crippen LogP contribution >= 0.6 is 27.5 Å². The van der Waals surface area contributed by atoms with Gasteiger partial charge < -0.3 is 10.1 Å². The number of ether oxygens (including phenoxy) is 1. The third kappa shape index (κ3) is 5.11. The smallest absolute Gasteiger partial charge is 0.250 e. The first-order valence-electron chi connectivity index (χ1n) is 4.27. The Morgan fingerprint density at radius 2 is 2.40 bits per heavy atom. The largest absolute Gasteiger partial charge is 0.370 e. The number of hydrogen-bond acceptors (Lipinski definition) is 3. The quantitative estimate of drug-likeness (QED) is 0.513. The van der Waals surface area contributed by atoms with E-state index in [0.29, 0.717) is 18.2 Å². The maximum atomic E-state index is 11.3. The molecule has 0 aliphatic rings. The fraction of sp³-hybridized carbons (Fsp3) is 0.333. The maximum Gasteiger partial charge on any atom is 0.250 e. The first-order valence-corrected chi connectivity index (χ1v) is 5.60. The Morgan fingerprint density at radius 3 is 3.00 bits per heavy atom. The van der Waals surface area contributed by atoms with Crippen molar-refractivity contribution in [2.24, 2.45) is 0 Å². The summed E-state index contributed by atoms with van der Waals surface area (Å²) in [5.74, 6) is 0.164. The summed E-state index contributed by atoms with van der Waals surface area (Å²) in [6.07, 6.45) is 1.56. The summed E-state index contributed by atoms with van der Waals surface area (Å²) < 4.78 is 5.69. The van der Waals surface area contributed by atoms with Gasteiger partial charge in [-0.2, -0.15) is 0 Å². The molecule has 1 heterocycles. The van der Waals surface area contributed by atoms with E-state index in [1.807, 2.05) is 0 Å². The van der Waals surface area contributed by atoms with Crippen LogP contribution in [0, 0.1) is 0 Å². The van der Waals surface area contributed by atoms with Gasteiger partial charge in [-0.05, 0) is 28.1 Å². The molecule has 6 heteroatoms. The van der Waals surface area contributed by atoms with Crippen LogP contribution in [0.4, 0.5) is 5.69 Å². The van der Waals surface area contributed by atoms with Gasteiger partial charge in [-0.25, -0.2) is 4.98 Å². The van der Waals surface area contributed by atoms with Crippen LogP contribution in [0.1, 0.15) is 0 Å². The molecule has 0 saturated heterocycles. The molecule has 1 rings (SSSR count). The Balaban J connectivity index is 2.34. The Hall–Kier alpha value is -0.650. The van der Waals surface area contributed by atoms with E-state index in [4.69, 9.17) is 16.3 Å². The van der Waals surface area contributed by atoms with Crippen LogP contribution in [0.5, 0.6) is 0 Å². The number of nitrogens with zero attached hydrogens (tertiary/aromatic N) is 1. The zero-order valence-corrected chi connectivity index (χ0v) is 10.2. The molecule has 82 valence electrons. The van der Waals surface area contributed by atoms with Crippen LogP contribution in [0.15, 0.2) is 22.9 Å². The predicted octanol–water partition coefficient (Wildman–Crippen LogP) is 2.04. The van der Waals surface area contributed by atoms with Gasteiger partial charge in [0.1, 0.15) is 11.2 Å². The molecule has 1 aromatic heterocycles. The average Bonchev–Trinajstić information content (AvgIpc) is 2.22. The predicted molar refractivity (Wildman–Crippen MR) is 62.1 cm³/mol. The van der Waals surface area contributed by atoms with Gasteiger partial charge in [-0.1, -0.05) is 0 Å². The van der Waals surface area contributed by atoms with Gasteiger partial charge in [0.2, 0.25) is 5.91 Å². The number of carbonyl (C=O) groups excluding carboxylic acids is 1. The molecule has 0 radical (unpaired) electrons. The highest BCUT2D eigenvalue weighted by Crippen LogP contribution is 2.09. The highest BCUT2D eigenvalue weighted by atomic mass is 79.9. The fourth-order valence-electron chi connectivity index (χ4n) is 0.866. The van der Waals surface area contributed by atoms with Crippen molar-refractivity contribution in [2.75, 3.05) is 24.4 Å². The summed E-state index contributed by atoms with van der Waals surface area (Å²) in [7, 11) is 0. The van der Waals surface area contributed by atoms with Crippen molar-refractivity contribution in [3.8, 4) is 0 Å². The van der Waals surface area contributed by atoms with E-state index < -0.39 is 0 Å². The second-order valence-corrected chi connectivity index (χ2v) is 3.85. The number of nitrogens with one attached hydrogen (secondary N) is 1.